The molecule has 2 atom stereocenters. The molecule has 1 aromatic carbocycles. The summed E-state index contributed by atoms with van der Waals surface area (Å²) in [7, 11) is 0. The van der Waals surface area contributed by atoms with Crippen LogP contribution in [0, 0.1) is 11.6 Å². The molecule has 4 heteroatoms. The molecular weight excluding hydrogens is 202 g/mol. The zero-order valence-corrected chi connectivity index (χ0v) is 8.45. The average molecular weight is 216 g/mol. The van der Waals surface area contributed by atoms with E-state index in [1.807, 2.05) is 0 Å². The molecule has 2 nitrogen and oxygen atoms in total. The molecule has 0 spiro atoms. The van der Waals surface area contributed by atoms with Crippen molar-refractivity contribution in [1.29, 1.82) is 0 Å². The van der Waals surface area contributed by atoms with Crippen LogP contribution in [0.3, 0.4) is 0 Å². The molecule has 15 heavy (non-hydrogen) atoms. The normalized spacial score (nSPS) is 15.0. The first-order valence-corrected chi connectivity index (χ1v) is 4.84. The maximum absolute atomic E-state index is 13.1. The SMILES string of the molecule is CCC(O)C(O)Cc1ccc(F)cc1F. The van der Waals surface area contributed by atoms with Gasteiger partial charge in [-0.3, -0.25) is 0 Å². The number of hydrogen-bond acceptors (Lipinski definition) is 2. The van der Waals surface area contributed by atoms with Crippen LogP contribution in [0.15, 0.2) is 18.2 Å². The summed E-state index contributed by atoms with van der Waals surface area (Å²) in [6.07, 6.45) is -1.52. The van der Waals surface area contributed by atoms with Gasteiger partial charge in [0.15, 0.2) is 0 Å². The lowest BCUT2D eigenvalue weighted by molar-refractivity contribution is 0.0177. The van der Waals surface area contributed by atoms with E-state index in [0.717, 1.165) is 12.1 Å². The Morgan fingerprint density at radius 2 is 1.87 bits per heavy atom. The summed E-state index contributed by atoms with van der Waals surface area (Å²) in [6, 6.07) is 3.17. The largest absolute Gasteiger partial charge is 0.390 e. The second-order valence-corrected chi connectivity index (χ2v) is 3.48. The van der Waals surface area contributed by atoms with Crippen molar-refractivity contribution in [3.8, 4) is 0 Å². The maximum atomic E-state index is 13.1. The van der Waals surface area contributed by atoms with Gasteiger partial charge in [0, 0.05) is 12.5 Å². The minimum Gasteiger partial charge on any atom is -0.390 e. The summed E-state index contributed by atoms with van der Waals surface area (Å²) >= 11 is 0. The summed E-state index contributed by atoms with van der Waals surface area (Å²) in [5, 5.41) is 18.7. The minimum absolute atomic E-state index is 0.0128. The fourth-order valence-corrected chi connectivity index (χ4v) is 1.32. The Bertz CT molecular complexity index is 328. The average Bonchev–Trinajstić information content (AvgIpc) is 2.20. The van der Waals surface area contributed by atoms with Gasteiger partial charge in [-0.1, -0.05) is 13.0 Å². The molecule has 84 valence electrons. The molecule has 0 bridgehead atoms. The van der Waals surface area contributed by atoms with Gasteiger partial charge in [0.2, 0.25) is 0 Å². The van der Waals surface area contributed by atoms with Crippen LogP contribution in [-0.4, -0.2) is 22.4 Å². The van der Waals surface area contributed by atoms with E-state index in [9.17, 15) is 19.0 Å². The van der Waals surface area contributed by atoms with Gasteiger partial charge in [-0.15, -0.1) is 0 Å². The predicted molar refractivity (Wildman–Crippen MR) is 52.4 cm³/mol. The molecule has 0 aliphatic rings. The van der Waals surface area contributed by atoms with Gasteiger partial charge in [-0.05, 0) is 18.1 Å². The van der Waals surface area contributed by atoms with Crippen LogP contribution in [0.1, 0.15) is 18.9 Å². The van der Waals surface area contributed by atoms with Crippen molar-refractivity contribution in [2.75, 3.05) is 0 Å². The van der Waals surface area contributed by atoms with Gasteiger partial charge in [0.1, 0.15) is 11.6 Å². The highest BCUT2D eigenvalue weighted by molar-refractivity contribution is 5.19. The van der Waals surface area contributed by atoms with Crippen LogP contribution in [-0.2, 0) is 6.42 Å². The van der Waals surface area contributed by atoms with Crippen LogP contribution in [0.4, 0.5) is 8.78 Å². The summed E-state index contributed by atoms with van der Waals surface area (Å²) in [5.74, 6) is -1.35. The molecule has 0 saturated carbocycles. The van der Waals surface area contributed by atoms with Gasteiger partial charge in [0.05, 0.1) is 12.2 Å². The van der Waals surface area contributed by atoms with Gasteiger partial charge in [0.25, 0.3) is 0 Å². The molecule has 2 N–H and O–H groups in total. The predicted octanol–water partition coefficient (Wildman–Crippen LogP) is 1.64. The van der Waals surface area contributed by atoms with Crippen molar-refractivity contribution >= 4 is 0 Å². The van der Waals surface area contributed by atoms with Gasteiger partial charge >= 0.3 is 0 Å². The lowest BCUT2D eigenvalue weighted by atomic mass is 10.0. The van der Waals surface area contributed by atoms with E-state index in [1.165, 1.54) is 6.07 Å². The Balaban J connectivity index is 2.72. The topological polar surface area (TPSA) is 40.5 Å². The van der Waals surface area contributed by atoms with E-state index >= 15 is 0 Å². The van der Waals surface area contributed by atoms with Crippen LogP contribution in [0.5, 0.6) is 0 Å². The fraction of sp³-hybridized carbons (Fsp3) is 0.455. The number of benzene rings is 1. The molecule has 0 amide bonds. The third kappa shape index (κ3) is 3.25. The van der Waals surface area contributed by atoms with E-state index in [2.05, 4.69) is 0 Å². The van der Waals surface area contributed by atoms with Gasteiger partial charge < -0.3 is 10.2 Å². The number of hydrogen-bond donors (Lipinski definition) is 2. The van der Waals surface area contributed by atoms with E-state index in [4.69, 9.17) is 0 Å². The van der Waals surface area contributed by atoms with E-state index < -0.39 is 23.8 Å². The maximum Gasteiger partial charge on any atom is 0.129 e. The highest BCUT2D eigenvalue weighted by Crippen LogP contribution is 2.13. The van der Waals surface area contributed by atoms with E-state index in [-0.39, 0.29) is 12.0 Å². The highest BCUT2D eigenvalue weighted by atomic mass is 19.1. The Labute approximate surface area is 87.2 Å². The number of aliphatic hydroxyl groups is 2. The summed E-state index contributed by atoms with van der Waals surface area (Å²) in [4.78, 5) is 0. The molecule has 0 aliphatic carbocycles. The second kappa shape index (κ2) is 5.19. The first-order valence-electron chi connectivity index (χ1n) is 4.84. The Morgan fingerprint density at radius 1 is 1.20 bits per heavy atom. The Hall–Kier alpha value is -1.00. The van der Waals surface area contributed by atoms with Crippen LogP contribution >= 0.6 is 0 Å². The molecule has 0 aliphatic heterocycles. The molecule has 0 fully saturated rings. The second-order valence-electron chi connectivity index (χ2n) is 3.48. The highest BCUT2D eigenvalue weighted by Gasteiger charge is 2.16. The molecular formula is C11H14F2O2. The lowest BCUT2D eigenvalue weighted by Gasteiger charge is -2.16. The molecule has 1 aromatic rings. The molecule has 0 saturated heterocycles. The molecule has 0 aromatic heterocycles. The van der Waals surface area contributed by atoms with Gasteiger partial charge in [-0.25, -0.2) is 8.78 Å². The van der Waals surface area contributed by atoms with Gasteiger partial charge in [-0.2, -0.15) is 0 Å². The third-order valence-corrected chi connectivity index (χ3v) is 2.31. The first kappa shape index (κ1) is 12.1. The monoisotopic (exact) mass is 216 g/mol. The van der Waals surface area contributed by atoms with Crippen LogP contribution < -0.4 is 0 Å². The van der Waals surface area contributed by atoms with E-state index in [0.29, 0.717) is 6.42 Å². The summed E-state index contributed by atoms with van der Waals surface area (Å²) in [5.41, 5.74) is 0.205. The first-order chi connectivity index (χ1) is 7.04. The van der Waals surface area contributed by atoms with Crippen molar-refractivity contribution in [2.24, 2.45) is 0 Å². The van der Waals surface area contributed by atoms with Crippen molar-refractivity contribution in [1.82, 2.24) is 0 Å². The quantitative estimate of drug-likeness (QED) is 0.803. The van der Waals surface area contributed by atoms with Crippen LogP contribution in [0.2, 0.25) is 0 Å². The Kier molecular flexibility index (Phi) is 4.17. The van der Waals surface area contributed by atoms with Crippen molar-refractivity contribution in [3.63, 3.8) is 0 Å². The standard InChI is InChI=1S/C11H14F2O2/c1-2-10(14)11(15)5-7-3-4-8(12)6-9(7)13/h3-4,6,10-11,14-15H,2,5H2,1H3. The van der Waals surface area contributed by atoms with Crippen molar-refractivity contribution in [2.45, 2.75) is 32.0 Å². The van der Waals surface area contributed by atoms with Crippen molar-refractivity contribution < 1.29 is 19.0 Å². The Morgan fingerprint density at radius 3 is 2.40 bits per heavy atom. The van der Waals surface area contributed by atoms with Crippen LogP contribution in [0.25, 0.3) is 0 Å². The zero-order valence-electron chi connectivity index (χ0n) is 8.45. The zero-order chi connectivity index (χ0) is 11.4. The minimum atomic E-state index is -1.02. The smallest absolute Gasteiger partial charge is 0.129 e. The molecule has 0 heterocycles. The molecule has 2 unspecified atom stereocenters. The summed E-state index contributed by atoms with van der Waals surface area (Å²) in [6.45, 7) is 1.72. The third-order valence-electron chi connectivity index (χ3n) is 2.31. The fourth-order valence-electron chi connectivity index (χ4n) is 1.32. The number of aliphatic hydroxyl groups excluding tert-OH is 2. The number of halogens is 2. The molecule has 0 radical (unpaired) electrons. The number of rotatable bonds is 4. The van der Waals surface area contributed by atoms with E-state index in [1.54, 1.807) is 6.92 Å². The lowest BCUT2D eigenvalue weighted by Crippen LogP contribution is -2.27. The van der Waals surface area contributed by atoms with Crippen molar-refractivity contribution in [3.05, 3.63) is 35.4 Å². The summed E-state index contributed by atoms with van der Waals surface area (Å²) < 4.78 is 25.7. The molecule has 1 rings (SSSR count).